The van der Waals surface area contributed by atoms with Gasteiger partial charge in [0.15, 0.2) is 11.6 Å². The molecule has 90 valence electrons. The van der Waals surface area contributed by atoms with Crippen LogP contribution in [0.25, 0.3) is 0 Å². The Bertz CT molecular complexity index is 484. The van der Waals surface area contributed by atoms with Crippen molar-refractivity contribution < 1.29 is 4.74 Å². The van der Waals surface area contributed by atoms with Crippen LogP contribution in [-0.4, -0.2) is 23.6 Å². The standard InChI is InChI=1S/C12H15N3OS/c1-9-15-10(8-17-9)5-7-14-12-11(16-2)4-3-6-13-12/h3-4,6,8H,5,7H2,1-2H3,(H,13,14). The number of aromatic nitrogens is 2. The summed E-state index contributed by atoms with van der Waals surface area (Å²) in [7, 11) is 1.64. The second kappa shape index (κ2) is 5.63. The summed E-state index contributed by atoms with van der Waals surface area (Å²) in [5, 5.41) is 6.45. The number of hydrogen-bond acceptors (Lipinski definition) is 5. The number of pyridine rings is 1. The zero-order chi connectivity index (χ0) is 12.1. The van der Waals surface area contributed by atoms with E-state index in [2.05, 4.69) is 20.7 Å². The summed E-state index contributed by atoms with van der Waals surface area (Å²) in [5.41, 5.74) is 1.12. The highest BCUT2D eigenvalue weighted by Crippen LogP contribution is 2.19. The lowest BCUT2D eigenvalue weighted by atomic mass is 10.3. The maximum Gasteiger partial charge on any atom is 0.168 e. The van der Waals surface area contributed by atoms with Crippen LogP contribution in [0.4, 0.5) is 5.82 Å². The van der Waals surface area contributed by atoms with Gasteiger partial charge in [-0.3, -0.25) is 0 Å². The van der Waals surface area contributed by atoms with Crippen LogP contribution in [0.3, 0.4) is 0 Å². The van der Waals surface area contributed by atoms with Gasteiger partial charge in [-0.2, -0.15) is 0 Å². The predicted molar refractivity (Wildman–Crippen MR) is 69.8 cm³/mol. The van der Waals surface area contributed by atoms with E-state index in [4.69, 9.17) is 4.74 Å². The molecule has 2 rings (SSSR count). The third-order valence-corrected chi connectivity index (χ3v) is 3.15. The minimum absolute atomic E-state index is 0.766. The Morgan fingerprint density at radius 1 is 1.47 bits per heavy atom. The Balaban J connectivity index is 1.89. The lowest BCUT2D eigenvalue weighted by Gasteiger charge is -2.08. The molecule has 0 aromatic carbocycles. The second-order valence-electron chi connectivity index (χ2n) is 3.59. The van der Waals surface area contributed by atoms with Gasteiger partial charge in [-0.1, -0.05) is 0 Å². The molecule has 0 atom stereocenters. The van der Waals surface area contributed by atoms with E-state index < -0.39 is 0 Å². The third-order valence-electron chi connectivity index (χ3n) is 2.33. The number of rotatable bonds is 5. The van der Waals surface area contributed by atoms with Gasteiger partial charge in [0, 0.05) is 24.5 Å². The van der Waals surface area contributed by atoms with Gasteiger partial charge in [0.2, 0.25) is 0 Å². The van der Waals surface area contributed by atoms with Crippen LogP contribution in [0.2, 0.25) is 0 Å². The maximum absolute atomic E-state index is 5.21. The number of methoxy groups -OCH3 is 1. The third kappa shape index (κ3) is 3.17. The maximum atomic E-state index is 5.21. The molecule has 2 aromatic rings. The van der Waals surface area contributed by atoms with Gasteiger partial charge in [0.1, 0.15) is 0 Å². The Morgan fingerprint density at radius 3 is 3.06 bits per heavy atom. The van der Waals surface area contributed by atoms with E-state index in [9.17, 15) is 0 Å². The van der Waals surface area contributed by atoms with Crippen molar-refractivity contribution in [3.63, 3.8) is 0 Å². The van der Waals surface area contributed by atoms with E-state index >= 15 is 0 Å². The molecule has 0 fully saturated rings. The Morgan fingerprint density at radius 2 is 2.35 bits per heavy atom. The number of aryl methyl sites for hydroxylation is 1. The monoisotopic (exact) mass is 249 g/mol. The number of hydrogen-bond donors (Lipinski definition) is 1. The molecule has 1 N–H and O–H groups in total. The van der Waals surface area contributed by atoms with Crippen LogP contribution in [0.15, 0.2) is 23.7 Å². The molecule has 0 saturated heterocycles. The van der Waals surface area contributed by atoms with Gasteiger partial charge in [0.05, 0.1) is 17.8 Å². The van der Waals surface area contributed by atoms with Crippen molar-refractivity contribution in [1.29, 1.82) is 0 Å². The van der Waals surface area contributed by atoms with E-state index in [0.29, 0.717) is 0 Å². The molecule has 5 heteroatoms. The largest absolute Gasteiger partial charge is 0.493 e. The second-order valence-corrected chi connectivity index (χ2v) is 4.65. The number of anilines is 1. The fraction of sp³-hybridized carbons (Fsp3) is 0.333. The van der Waals surface area contributed by atoms with Crippen LogP contribution in [0.5, 0.6) is 5.75 Å². The smallest absolute Gasteiger partial charge is 0.168 e. The predicted octanol–water partition coefficient (Wildman–Crippen LogP) is 2.51. The lowest BCUT2D eigenvalue weighted by Crippen LogP contribution is -2.07. The average Bonchev–Trinajstić information content (AvgIpc) is 2.76. The topological polar surface area (TPSA) is 47.0 Å². The molecule has 0 unspecified atom stereocenters. The van der Waals surface area contributed by atoms with Crippen molar-refractivity contribution in [3.05, 3.63) is 34.4 Å². The van der Waals surface area contributed by atoms with Crippen molar-refractivity contribution in [1.82, 2.24) is 9.97 Å². The molecule has 4 nitrogen and oxygen atoms in total. The molecule has 0 bridgehead atoms. The number of nitrogens with zero attached hydrogens (tertiary/aromatic N) is 2. The summed E-state index contributed by atoms with van der Waals surface area (Å²) in [6.07, 6.45) is 2.64. The fourth-order valence-corrected chi connectivity index (χ4v) is 2.17. The van der Waals surface area contributed by atoms with Crippen molar-refractivity contribution in [3.8, 4) is 5.75 Å². The molecule has 17 heavy (non-hydrogen) atoms. The molecule has 0 radical (unpaired) electrons. The van der Waals surface area contributed by atoms with Crippen LogP contribution in [-0.2, 0) is 6.42 Å². The molecule has 0 amide bonds. The minimum Gasteiger partial charge on any atom is -0.493 e. The van der Waals surface area contributed by atoms with E-state index in [1.807, 2.05) is 19.1 Å². The van der Waals surface area contributed by atoms with Crippen LogP contribution < -0.4 is 10.1 Å². The Hall–Kier alpha value is -1.62. The Kier molecular flexibility index (Phi) is 3.93. The SMILES string of the molecule is COc1cccnc1NCCc1csc(C)n1. The van der Waals surface area contributed by atoms with Gasteiger partial charge in [-0.25, -0.2) is 9.97 Å². The zero-order valence-electron chi connectivity index (χ0n) is 9.93. The number of ether oxygens (including phenoxy) is 1. The average molecular weight is 249 g/mol. The molecule has 0 spiro atoms. The van der Waals surface area contributed by atoms with Crippen LogP contribution in [0, 0.1) is 6.92 Å². The lowest BCUT2D eigenvalue weighted by molar-refractivity contribution is 0.415. The van der Waals surface area contributed by atoms with Crippen molar-refractivity contribution in [2.75, 3.05) is 19.0 Å². The summed E-state index contributed by atoms with van der Waals surface area (Å²) < 4.78 is 5.21. The molecular weight excluding hydrogens is 234 g/mol. The van der Waals surface area contributed by atoms with Crippen LogP contribution in [0.1, 0.15) is 10.7 Å². The van der Waals surface area contributed by atoms with E-state index in [1.54, 1.807) is 24.6 Å². The normalized spacial score (nSPS) is 10.2. The highest BCUT2D eigenvalue weighted by molar-refractivity contribution is 7.09. The van der Waals surface area contributed by atoms with Gasteiger partial charge in [-0.05, 0) is 19.1 Å². The molecule has 2 heterocycles. The highest BCUT2D eigenvalue weighted by atomic mass is 32.1. The first-order chi connectivity index (χ1) is 8.29. The summed E-state index contributed by atoms with van der Waals surface area (Å²) in [6.45, 7) is 2.82. The summed E-state index contributed by atoms with van der Waals surface area (Å²) in [5.74, 6) is 1.55. The van der Waals surface area contributed by atoms with Gasteiger partial charge in [-0.15, -0.1) is 11.3 Å². The molecule has 0 aliphatic heterocycles. The fourth-order valence-electron chi connectivity index (χ4n) is 1.52. The molecule has 0 aliphatic rings. The van der Waals surface area contributed by atoms with E-state index in [0.717, 1.165) is 35.2 Å². The molecule has 2 aromatic heterocycles. The van der Waals surface area contributed by atoms with Crippen LogP contribution >= 0.6 is 11.3 Å². The van der Waals surface area contributed by atoms with E-state index in [-0.39, 0.29) is 0 Å². The number of thiazole rings is 1. The summed E-state index contributed by atoms with van der Waals surface area (Å²) in [6, 6.07) is 3.75. The van der Waals surface area contributed by atoms with Gasteiger partial charge >= 0.3 is 0 Å². The number of nitrogens with one attached hydrogen (secondary N) is 1. The minimum atomic E-state index is 0.766. The van der Waals surface area contributed by atoms with Gasteiger partial charge in [0.25, 0.3) is 0 Å². The van der Waals surface area contributed by atoms with E-state index in [1.165, 1.54) is 0 Å². The molecule has 0 saturated carbocycles. The highest BCUT2D eigenvalue weighted by Gasteiger charge is 2.03. The first kappa shape index (κ1) is 11.9. The first-order valence-electron chi connectivity index (χ1n) is 5.43. The van der Waals surface area contributed by atoms with Crippen molar-refractivity contribution >= 4 is 17.2 Å². The van der Waals surface area contributed by atoms with Gasteiger partial charge < -0.3 is 10.1 Å². The zero-order valence-corrected chi connectivity index (χ0v) is 10.8. The van der Waals surface area contributed by atoms with Crippen molar-refractivity contribution in [2.45, 2.75) is 13.3 Å². The molecule has 0 aliphatic carbocycles. The van der Waals surface area contributed by atoms with Crippen molar-refractivity contribution in [2.24, 2.45) is 0 Å². The molecular formula is C12H15N3OS. The first-order valence-corrected chi connectivity index (χ1v) is 6.31. The summed E-state index contributed by atoms with van der Waals surface area (Å²) in [4.78, 5) is 8.64. The quantitative estimate of drug-likeness (QED) is 0.884. The Labute approximate surface area is 105 Å². The summed E-state index contributed by atoms with van der Waals surface area (Å²) >= 11 is 1.68.